The fourth-order valence-electron chi connectivity index (χ4n) is 2.69. The third kappa shape index (κ3) is 5.26. The fraction of sp³-hybridized carbons (Fsp3) is 0.562. The van der Waals surface area contributed by atoms with Gasteiger partial charge in [0, 0.05) is 12.1 Å². The smallest absolute Gasteiger partial charge is 0.251 e. The van der Waals surface area contributed by atoms with Gasteiger partial charge in [0.05, 0.1) is 21.7 Å². The Labute approximate surface area is 149 Å². The normalized spacial score (nSPS) is 19.9. The highest BCUT2D eigenvalue weighted by atomic mass is 32.2. The highest BCUT2D eigenvalue weighted by Crippen LogP contribution is 2.25. The molecule has 0 radical (unpaired) electrons. The Morgan fingerprint density at radius 3 is 2.40 bits per heavy atom. The maximum absolute atomic E-state index is 12.5. The Bertz CT molecular complexity index is 815. The van der Waals surface area contributed by atoms with Gasteiger partial charge in [-0.2, -0.15) is 0 Å². The Balaban J connectivity index is 2.00. The summed E-state index contributed by atoms with van der Waals surface area (Å²) in [6.07, 6.45) is 0.945. The first-order valence-electron chi connectivity index (χ1n) is 8.09. The lowest BCUT2D eigenvalue weighted by Crippen LogP contribution is -2.27. The molecule has 1 saturated heterocycles. The van der Waals surface area contributed by atoms with Crippen LogP contribution in [0.5, 0.6) is 0 Å². The standard InChI is InChI=1S/C16H24N2O5S2/c1-18(2)10-3-9-17-16(19)13-4-6-14(7-5-13)25(22,23)15-8-11-24(20,21)12-15/h4-7,15H,3,8-12H2,1-2H3,(H,17,19). The SMILES string of the molecule is CN(C)CCCNC(=O)c1ccc(S(=O)(=O)C2CCS(=O)(=O)C2)cc1. The van der Waals surface area contributed by atoms with E-state index in [1.165, 1.54) is 24.3 Å². The van der Waals surface area contributed by atoms with Crippen molar-refractivity contribution < 1.29 is 21.6 Å². The zero-order valence-corrected chi connectivity index (χ0v) is 16.1. The number of amides is 1. The Kier molecular flexibility index (Phi) is 6.23. The zero-order valence-electron chi connectivity index (χ0n) is 14.4. The maximum atomic E-state index is 12.5. The predicted octanol–water partition coefficient (Wildman–Crippen LogP) is 0.329. The van der Waals surface area contributed by atoms with Gasteiger partial charge in [0.15, 0.2) is 19.7 Å². The molecule has 140 valence electrons. The van der Waals surface area contributed by atoms with Gasteiger partial charge < -0.3 is 10.2 Å². The molecule has 0 saturated carbocycles. The Morgan fingerprint density at radius 1 is 1.24 bits per heavy atom. The van der Waals surface area contributed by atoms with Crippen molar-refractivity contribution in [1.29, 1.82) is 0 Å². The molecule has 1 aromatic carbocycles. The monoisotopic (exact) mass is 388 g/mol. The average molecular weight is 389 g/mol. The summed E-state index contributed by atoms with van der Waals surface area (Å²) in [5, 5.41) is 1.88. The second kappa shape index (κ2) is 7.84. The lowest BCUT2D eigenvalue weighted by molar-refractivity contribution is 0.0952. The third-order valence-electron chi connectivity index (χ3n) is 4.14. The molecule has 0 aliphatic carbocycles. The molecule has 2 rings (SSSR count). The second-order valence-corrected chi connectivity index (χ2v) is 11.0. The molecule has 7 nitrogen and oxygen atoms in total. The summed E-state index contributed by atoms with van der Waals surface area (Å²) >= 11 is 0. The predicted molar refractivity (Wildman–Crippen MR) is 96.2 cm³/mol. The van der Waals surface area contributed by atoms with Crippen LogP contribution in [0.3, 0.4) is 0 Å². The van der Waals surface area contributed by atoms with E-state index in [-0.39, 0.29) is 28.7 Å². The summed E-state index contributed by atoms with van der Waals surface area (Å²) in [7, 11) is -3.06. The van der Waals surface area contributed by atoms with Crippen LogP contribution in [0.1, 0.15) is 23.2 Å². The fourth-order valence-corrected chi connectivity index (χ4v) is 7.05. The number of hydrogen-bond acceptors (Lipinski definition) is 6. The summed E-state index contributed by atoms with van der Waals surface area (Å²) < 4.78 is 48.0. The number of carbonyl (C=O) groups is 1. The van der Waals surface area contributed by atoms with E-state index in [1.54, 1.807) is 0 Å². The zero-order chi connectivity index (χ0) is 18.7. The number of nitrogens with zero attached hydrogens (tertiary/aromatic N) is 1. The van der Waals surface area contributed by atoms with Crippen LogP contribution in [0.25, 0.3) is 0 Å². The number of rotatable bonds is 7. The molecule has 1 heterocycles. The van der Waals surface area contributed by atoms with Crippen LogP contribution in [0.4, 0.5) is 0 Å². The minimum Gasteiger partial charge on any atom is -0.352 e. The van der Waals surface area contributed by atoms with Crippen molar-refractivity contribution in [2.24, 2.45) is 0 Å². The van der Waals surface area contributed by atoms with Crippen LogP contribution in [0, 0.1) is 0 Å². The first-order chi connectivity index (χ1) is 11.6. The van der Waals surface area contributed by atoms with Gasteiger partial charge in [-0.25, -0.2) is 16.8 Å². The third-order valence-corrected chi connectivity index (χ3v) is 8.33. The summed E-state index contributed by atoms with van der Waals surface area (Å²) in [5.41, 5.74) is 0.378. The van der Waals surface area contributed by atoms with Crippen molar-refractivity contribution in [2.75, 3.05) is 38.7 Å². The van der Waals surface area contributed by atoms with E-state index in [0.717, 1.165) is 13.0 Å². The van der Waals surface area contributed by atoms with Gasteiger partial charge in [-0.1, -0.05) is 0 Å². The molecule has 1 atom stereocenters. The molecule has 1 aromatic rings. The van der Waals surface area contributed by atoms with E-state index in [0.29, 0.717) is 12.1 Å². The summed E-state index contributed by atoms with van der Waals surface area (Å²) in [4.78, 5) is 14.1. The van der Waals surface area contributed by atoms with Crippen molar-refractivity contribution >= 4 is 25.6 Å². The van der Waals surface area contributed by atoms with Crippen molar-refractivity contribution in [3.8, 4) is 0 Å². The molecule has 1 N–H and O–H groups in total. The number of benzene rings is 1. The number of hydrogen-bond donors (Lipinski definition) is 1. The van der Waals surface area contributed by atoms with Crippen molar-refractivity contribution in [1.82, 2.24) is 10.2 Å². The van der Waals surface area contributed by atoms with Gasteiger partial charge in [0.2, 0.25) is 0 Å². The van der Waals surface area contributed by atoms with Crippen LogP contribution < -0.4 is 5.32 Å². The van der Waals surface area contributed by atoms with Gasteiger partial charge in [-0.3, -0.25) is 4.79 Å². The van der Waals surface area contributed by atoms with E-state index in [4.69, 9.17) is 0 Å². The minimum atomic E-state index is -3.70. The topological polar surface area (TPSA) is 101 Å². The van der Waals surface area contributed by atoms with Gasteiger partial charge >= 0.3 is 0 Å². The van der Waals surface area contributed by atoms with E-state index in [9.17, 15) is 21.6 Å². The molecule has 1 fully saturated rings. The molecule has 0 aromatic heterocycles. The second-order valence-electron chi connectivity index (χ2n) is 6.51. The number of sulfone groups is 2. The summed E-state index contributed by atoms with van der Waals surface area (Å²) in [6.45, 7) is 1.40. The van der Waals surface area contributed by atoms with Crippen LogP contribution in [-0.4, -0.2) is 71.6 Å². The quantitative estimate of drug-likeness (QED) is 0.676. The van der Waals surface area contributed by atoms with Gasteiger partial charge in [0.1, 0.15) is 0 Å². The molecule has 1 aliphatic heterocycles. The largest absolute Gasteiger partial charge is 0.352 e. The lowest BCUT2D eigenvalue weighted by atomic mass is 10.2. The summed E-state index contributed by atoms with van der Waals surface area (Å²) in [6, 6.07) is 5.65. The van der Waals surface area contributed by atoms with Gasteiger partial charge in [-0.15, -0.1) is 0 Å². The molecule has 25 heavy (non-hydrogen) atoms. The molecule has 0 spiro atoms. The van der Waals surface area contributed by atoms with E-state index in [2.05, 4.69) is 5.32 Å². The highest BCUT2D eigenvalue weighted by Gasteiger charge is 2.37. The van der Waals surface area contributed by atoms with Crippen LogP contribution in [-0.2, 0) is 19.7 Å². The molecule has 1 aliphatic rings. The van der Waals surface area contributed by atoms with Gasteiger partial charge in [-0.05, 0) is 57.7 Å². The van der Waals surface area contributed by atoms with E-state index in [1.807, 2.05) is 19.0 Å². The number of carbonyl (C=O) groups excluding carboxylic acids is 1. The van der Waals surface area contributed by atoms with Crippen LogP contribution in [0.2, 0.25) is 0 Å². The first-order valence-corrected chi connectivity index (χ1v) is 11.5. The molecule has 1 amide bonds. The van der Waals surface area contributed by atoms with Crippen molar-refractivity contribution in [3.05, 3.63) is 29.8 Å². The molecular weight excluding hydrogens is 364 g/mol. The van der Waals surface area contributed by atoms with E-state index < -0.39 is 24.9 Å². The van der Waals surface area contributed by atoms with Crippen molar-refractivity contribution in [3.63, 3.8) is 0 Å². The molecular formula is C16H24N2O5S2. The van der Waals surface area contributed by atoms with Crippen LogP contribution in [0.15, 0.2) is 29.2 Å². The highest BCUT2D eigenvalue weighted by molar-refractivity contribution is 7.96. The Hall–Kier alpha value is -1.45. The number of nitrogens with one attached hydrogen (secondary N) is 1. The Morgan fingerprint density at radius 2 is 1.88 bits per heavy atom. The first kappa shape index (κ1) is 19.9. The lowest BCUT2D eigenvalue weighted by Gasteiger charge is -2.11. The van der Waals surface area contributed by atoms with Gasteiger partial charge in [0.25, 0.3) is 5.91 Å². The van der Waals surface area contributed by atoms with Crippen molar-refractivity contribution in [2.45, 2.75) is 23.0 Å². The molecule has 1 unspecified atom stereocenters. The molecule has 0 bridgehead atoms. The molecule has 9 heteroatoms. The summed E-state index contributed by atoms with van der Waals surface area (Å²) in [5.74, 6) is -0.681. The maximum Gasteiger partial charge on any atom is 0.251 e. The van der Waals surface area contributed by atoms with E-state index >= 15 is 0 Å². The van der Waals surface area contributed by atoms with Crippen LogP contribution >= 0.6 is 0 Å². The average Bonchev–Trinajstić information content (AvgIpc) is 2.92. The minimum absolute atomic E-state index is 0.0544.